The molecule has 0 bridgehead atoms. The van der Waals surface area contributed by atoms with Crippen molar-refractivity contribution in [1.82, 2.24) is 9.55 Å². The quantitative estimate of drug-likeness (QED) is 0.794. The van der Waals surface area contributed by atoms with E-state index in [-0.39, 0.29) is 6.04 Å². The first kappa shape index (κ1) is 13.9. The Hall–Kier alpha value is -2.01. The third kappa shape index (κ3) is 2.38. The first-order valence-corrected chi connectivity index (χ1v) is 7.84. The number of ether oxygens (including phenoxy) is 1. The Bertz CT molecular complexity index is 746. The molecule has 2 heterocycles. The molecule has 0 radical (unpaired) electrons. The predicted molar refractivity (Wildman–Crippen MR) is 88.0 cm³/mol. The van der Waals surface area contributed by atoms with Crippen LogP contribution in [0.3, 0.4) is 0 Å². The lowest BCUT2D eigenvalue weighted by Crippen LogP contribution is -2.17. The van der Waals surface area contributed by atoms with E-state index in [1.54, 1.807) is 18.4 Å². The minimum Gasteiger partial charge on any atom is -0.497 e. The summed E-state index contributed by atoms with van der Waals surface area (Å²) in [5.41, 5.74) is 8.12. The molecule has 1 atom stereocenters. The molecule has 4 nitrogen and oxygen atoms in total. The van der Waals surface area contributed by atoms with E-state index in [0.717, 1.165) is 16.8 Å². The molecule has 110 valence electrons. The maximum absolute atomic E-state index is 6.21. The van der Waals surface area contributed by atoms with Gasteiger partial charge in [-0.15, -0.1) is 11.3 Å². The van der Waals surface area contributed by atoms with Crippen LogP contribution in [-0.4, -0.2) is 16.7 Å². The van der Waals surface area contributed by atoms with Crippen molar-refractivity contribution in [3.8, 4) is 5.75 Å². The number of nitrogen functional groups attached to an aromatic ring is 1. The Kier molecular flexibility index (Phi) is 3.59. The summed E-state index contributed by atoms with van der Waals surface area (Å²) in [5.74, 6) is 1.78. The Morgan fingerprint density at radius 1 is 1.29 bits per heavy atom. The van der Waals surface area contributed by atoms with Gasteiger partial charge in [0.15, 0.2) is 0 Å². The molecule has 3 rings (SSSR count). The molecule has 0 amide bonds. The molecule has 2 aromatic heterocycles. The molecule has 0 aliphatic heterocycles. The Morgan fingerprint density at radius 3 is 2.71 bits per heavy atom. The first-order chi connectivity index (χ1) is 10.1. The van der Waals surface area contributed by atoms with Crippen molar-refractivity contribution in [3.63, 3.8) is 0 Å². The molecule has 5 heteroatoms. The Balaban J connectivity index is 2.23. The van der Waals surface area contributed by atoms with Gasteiger partial charge in [0.05, 0.1) is 24.2 Å². The highest BCUT2D eigenvalue weighted by molar-refractivity contribution is 7.10. The zero-order valence-corrected chi connectivity index (χ0v) is 13.2. The van der Waals surface area contributed by atoms with Crippen LogP contribution < -0.4 is 10.5 Å². The number of rotatable bonds is 4. The summed E-state index contributed by atoms with van der Waals surface area (Å²) in [6.45, 7) is 4.41. The molecule has 3 aromatic rings. The summed E-state index contributed by atoms with van der Waals surface area (Å²) < 4.78 is 7.46. The molecular weight excluding hydrogens is 282 g/mol. The van der Waals surface area contributed by atoms with E-state index in [2.05, 4.69) is 40.9 Å². The lowest BCUT2D eigenvalue weighted by atomic mass is 10.0. The monoisotopic (exact) mass is 301 g/mol. The summed E-state index contributed by atoms with van der Waals surface area (Å²) in [4.78, 5) is 5.78. The minimum atomic E-state index is 0.183. The maximum Gasteiger partial charge on any atom is 0.201 e. The fourth-order valence-electron chi connectivity index (χ4n) is 2.72. The van der Waals surface area contributed by atoms with Gasteiger partial charge in [0.25, 0.3) is 0 Å². The summed E-state index contributed by atoms with van der Waals surface area (Å²) in [5, 5.41) is 2.10. The van der Waals surface area contributed by atoms with Crippen molar-refractivity contribution in [2.75, 3.05) is 12.8 Å². The maximum atomic E-state index is 6.21. The number of nitrogens with zero attached hydrogens (tertiary/aromatic N) is 2. The average Bonchev–Trinajstić information content (AvgIpc) is 3.07. The van der Waals surface area contributed by atoms with Crippen LogP contribution in [0.5, 0.6) is 5.75 Å². The number of thiophene rings is 1. The Labute approximate surface area is 128 Å². The molecule has 0 aliphatic carbocycles. The van der Waals surface area contributed by atoms with Gasteiger partial charge < -0.3 is 15.0 Å². The van der Waals surface area contributed by atoms with Gasteiger partial charge in [-0.1, -0.05) is 19.9 Å². The zero-order chi connectivity index (χ0) is 15.0. The van der Waals surface area contributed by atoms with Crippen molar-refractivity contribution in [2.45, 2.75) is 19.9 Å². The third-order valence-electron chi connectivity index (χ3n) is 3.67. The largest absolute Gasteiger partial charge is 0.497 e. The van der Waals surface area contributed by atoms with Gasteiger partial charge in [0.2, 0.25) is 5.95 Å². The van der Waals surface area contributed by atoms with Gasteiger partial charge in [-0.05, 0) is 29.5 Å². The Morgan fingerprint density at radius 2 is 2.10 bits per heavy atom. The first-order valence-electron chi connectivity index (χ1n) is 6.96. The second-order valence-corrected chi connectivity index (χ2v) is 6.38. The summed E-state index contributed by atoms with van der Waals surface area (Å²) in [6, 6.07) is 10.3. The highest BCUT2D eigenvalue weighted by Crippen LogP contribution is 2.35. The van der Waals surface area contributed by atoms with E-state index in [0.29, 0.717) is 11.9 Å². The van der Waals surface area contributed by atoms with E-state index in [9.17, 15) is 0 Å². The molecule has 1 unspecified atom stereocenters. The van der Waals surface area contributed by atoms with E-state index in [1.165, 1.54) is 4.88 Å². The van der Waals surface area contributed by atoms with Crippen molar-refractivity contribution < 1.29 is 4.74 Å². The molecule has 0 fully saturated rings. The second-order valence-electron chi connectivity index (χ2n) is 5.40. The molecule has 21 heavy (non-hydrogen) atoms. The van der Waals surface area contributed by atoms with Crippen LogP contribution in [0.2, 0.25) is 0 Å². The molecule has 0 saturated heterocycles. The zero-order valence-electron chi connectivity index (χ0n) is 12.4. The lowest BCUT2D eigenvalue weighted by molar-refractivity contribution is 0.414. The molecule has 0 saturated carbocycles. The van der Waals surface area contributed by atoms with E-state index in [4.69, 9.17) is 10.5 Å². The number of methoxy groups -OCH3 is 1. The van der Waals surface area contributed by atoms with Crippen LogP contribution in [0, 0.1) is 5.92 Å². The van der Waals surface area contributed by atoms with Crippen molar-refractivity contribution in [2.24, 2.45) is 5.92 Å². The summed E-state index contributed by atoms with van der Waals surface area (Å²) in [6.07, 6.45) is 0. The fraction of sp³-hybridized carbons (Fsp3) is 0.312. The van der Waals surface area contributed by atoms with Gasteiger partial charge in [-0.2, -0.15) is 0 Å². The molecular formula is C16H19N3OS. The average molecular weight is 301 g/mol. The number of anilines is 1. The van der Waals surface area contributed by atoms with Gasteiger partial charge in [-0.3, -0.25) is 0 Å². The van der Waals surface area contributed by atoms with E-state index < -0.39 is 0 Å². The highest BCUT2D eigenvalue weighted by Gasteiger charge is 2.23. The van der Waals surface area contributed by atoms with Gasteiger partial charge in [0.1, 0.15) is 5.75 Å². The number of nitrogens with two attached hydrogens (primary N) is 1. The molecule has 0 spiro atoms. The fourth-order valence-corrected chi connectivity index (χ4v) is 3.71. The standard InChI is InChI=1S/C16H19N3OS/c1-10(2)15(14-5-4-8-21-14)19-13-9-11(20-3)6-7-12(13)18-16(19)17/h4-10,15H,1-3H3,(H2,17,18). The lowest BCUT2D eigenvalue weighted by Gasteiger charge is -2.23. The number of aromatic nitrogens is 2. The predicted octanol–water partition coefficient (Wildman–Crippen LogP) is 3.93. The van der Waals surface area contributed by atoms with Crippen LogP contribution in [0.1, 0.15) is 24.8 Å². The SMILES string of the molecule is COc1ccc2nc(N)n(C(c3cccs3)C(C)C)c2c1. The number of hydrogen-bond acceptors (Lipinski definition) is 4. The number of fused-ring (bicyclic) bond motifs is 1. The van der Waals surface area contributed by atoms with E-state index in [1.807, 2.05) is 18.2 Å². The second kappa shape index (κ2) is 5.41. The van der Waals surface area contributed by atoms with Gasteiger partial charge in [0, 0.05) is 10.9 Å². The topological polar surface area (TPSA) is 53.1 Å². The van der Waals surface area contributed by atoms with Crippen molar-refractivity contribution in [1.29, 1.82) is 0 Å². The van der Waals surface area contributed by atoms with Crippen LogP contribution in [0.4, 0.5) is 5.95 Å². The van der Waals surface area contributed by atoms with Gasteiger partial charge in [-0.25, -0.2) is 4.98 Å². The normalized spacial score (nSPS) is 13.0. The van der Waals surface area contributed by atoms with Crippen LogP contribution in [0.25, 0.3) is 11.0 Å². The molecule has 1 aromatic carbocycles. The summed E-state index contributed by atoms with van der Waals surface area (Å²) >= 11 is 1.75. The minimum absolute atomic E-state index is 0.183. The molecule has 0 aliphatic rings. The third-order valence-corrected chi connectivity index (χ3v) is 4.61. The van der Waals surface area contributed by atoms with Crippen LogP contribution in [-0.2, 0) is 0 Å². The van der Waals surface area contributed by atoms with Crippen molar-refractivity contribution >= 4 is 28.3 Å². The smallest absolute Gasteiger partial charge is 0.201 e. The summed E-state index contributed by atoms with van der Waals surface area (Å²) in [7, 11) is 1.67. The highest BCUT2D eigenvalue weighted by atomic mass is 32.1. The van der Waals surface area contributed by atoms with E-state index >= 15 is 0 Å². The van der Waals surface area contributed by atoms with Crippen LogP contribution in [0.15, 0.2) is 35.7 Å². The molecule has 2 N–H and O–H groups in total. The number of benzene rings is 1. The number of imidazole rings is 1. The van der Waals surface area contributed by atoms with Crippen molar-refractivity contribution in [3.05, 3.63) is 40.6 Å². The van der Waals surface area contributed by atoms with Crippen LogP contribution >= 0.6 is 11.3 Å². The van der Waals surface area contributed by atoms with Gasteiger partial charge >= 0.3 is 0 Å². The number of hydrogen-bond donors (Lipinski definition) is 1.